The smallest absolute Gasteiger partial charge is 0.137 e. The van der Waals surface area contributed by atoms with Gasteiger partial charge in [0, 0.05) is 37.7 Å². The highest BCUT2D eigenvalue weighted by Crippen LogP contribution is 2.64. The number of para-hydroxylation sites is 2. The molecule has 4 heteroatoms. The van der Waals surface area contributed by atoms with Crippen LogP contribution in [0, 0.1) is 0 Å². The normalized spacial score (nSPS) is 14.4. The number of furan rings is 1. The number of rotatable bonds is 4. The summed E-state index contributed by atoms with van der Waals surface area (Å²) in [6.45, 7) is 0. The predicted octanol–water partition coefficient (Wildman–Crippen LogP) is 18.0. The fourth-order valence-electron chi connectivity index (χ4n) is 13.2. The Morgan fingerprint density at radius 2 is 0.861 bits per heavy atom. The standard InChI is InChI=1S/C68H41NO2S/c1-6-24-51-46(19-1)47-20-2-7-25-52(47)67(51)55-28-10-13-32-61(55)71-62-37-36-45(41-57(62)67)69(59-30-16-33-63-66(59)50-23-5-12-31-60(50)70-63)44-18-15-17-42(39-44)43-35-38-65-58(40-43)68(56-29-11-14-34-64(56)72-65)53-26-8-3-21-48(53)49-22-4-9-27-54(49)68/h1-41H. The Kier molecular flexibility index (Phi) is 8.24. The van der Waals surface area contributed by atoms with Crippen LogP contribution in [0.15, 0.2) is 263 Å². The van der Waals surface area contributed by atoms with E-state index in [4.69, 9.17) is 9.15 Å². The molecule has 0 atom stereocenters. The summed E-state index contributed by atoms with van der Waals surface area (Å²) in [5, 5.41) is 2.14. The van der Waals surface area contributed by atoms with Gasteiger partial charge in [0.1, 0.15) is 22.7 Å². The topological polar surface area (TPSA) is 25.6 Å². The minimum atomic E-state index is -0.623. The lowest BCUT2D eigenvalue weighted by Crippen LogP contribution is -2.32. The van der Waals surface area contributed by atoms with Gasteiger partial charge in [-0.3, -0.25) is 0 Å². The van der Waals surface area contributed by atoms with E-state index in [1.807, 2.05) is 17.8 Å². The van der Waals surface area contributed by atoms with E-state index in [0.29, 0.717) is 0 Å². The van der Waals surface area contributed by atoms with Gasteiger partial charge in [0.25, 0.3) is 0 Å². The van der Waals surface area contributed by atoms with Gasteiger partial charge in [0.05, 0.1) is 21.9 Å². The zero-order valence-electron chi connectivity index (χ0n) is 38.8. The number of benzene rings is 11. The Balaban J connectivity index is 0.932. The largest absolute Gasteiger partial charge is 0.457 e. The van der Waals surface area contributed by atoms with Crippen LogP contribution in [0.1, 0.15) is 44.5 Å². The molecule has 0 N–H and O–H groups in total. The molecule has 2 aliphatic carbocycles. The number of nitrogens with zero attached hydrogens (tertiary/aromatic N) is 1. The molecule has 1 aromatic heterocycles. The third-order valence-electron chi connectivity index (χ3n) is 16.0. The lowest BCUT2D eigenvalue weighted by Gasteiger charge is -2.40. The Hall–Kier alpha value is -8.83. The summed E-state index contributed by atoms with van der Waals surface area (Å²) in [5.74, 6) is 1.73. The summed E-state index contributed by atoms with van der Waals surface area (Å²) in [6.07, 6.45) is 0. The van der Waals surface area contributed by atoms with Crippen molar-refractivity contribution in [3.8, 4) is 44.9 Å². The lowest BCUT2D eigenvalue weighted by atomic mass is 9.66. The highest BCUT2D eigenvalue weighted by Gasteiger charge is 2.52. The van der Waals surface area contributed by atoms with E-state index < -0.39 is 10.8 Å². The second-order valence-corrected chi connectivity index (χ2v) is 20.5. The van der Waals surface area contributed by atoms with Crippen LogP contribution in [0.5, 0.6) is 11.5 Å². The van der Waals surface area contributed by atoms with Crippen LogP contribution in [0.25, 0.3) is 55.3 Å². The van der Waals surface area contributed by atoms with E-state index in [9.17, 15) is 0 Å². The maximum Gasteiger partial charge on any atom is 0.137 e. The molecule has 11 aromatic carbocycles. The van der Waals surface area contributed by atoms with Crippen molar-refractivity contribution in [3.63, 3.8) is 0 Å². The van der Waals surface area contributed by atoms with Crippen molar-refractivity contribution in [3.05, 3.63) is 293 Å². The van der Waals surface area contributed by atoms with Crippen molar-refractivity contribution in [2.45, 2.75) is 20.6 Å². The van der Waals surface area contributed by atoms with Crippen molar-refractivity contribution < 1.29 is 9.15 Å². The van der Waals surface area contributed by atoms with Crippen LogP contribution in [0.4, 0.5) is 17.1 Å². The Labute approximate surface area is 421 Å². The molecule has 3 heterocycles. The molecular weight excluding hydrogens is 895 g/mol. The summed E-state index contributed by atoms with van der Waals surface area (Å²) >= 11 is 1.88. The summed E-state index contributed by atoms with van der Waals surface area (Å²) in [4.78, 5) is 5.01. The molecule has 2 aliphatic heterocycles. The van der Waals surface area contributed by atoms with E-state index in [1.54, 1.807) is 0 Å². The summed E-state index contributed by atoms with van der Waals surface area (Å²) in [6, 6.07) is 91.5. The lowest BCUT2D eigenvalue weighted by molar-refractivity contribution is 0.436. The highest BCUT2D eigenvalue weighted by atomic mass is 32.2. The van der Waals surface area contributed by atoms with E-state index in [0.717, 1.165) is 72.8 Å². The van der Waals surface area contributed by atoms with Crippen molar-refractivity contribution >= 4 is 50.8 Å². The van der Waals surface area contributed by atoms with Crippen molar-refractivity contribution in [2.24, 2.45) is 0 Å². The molecule has 0 fully saturated rings. The Bertz CT molecular complexity index is 4190. The first kappa shape index (κ1) is 40.0. The minimum absolute atomic E-state index is 0.473. The van der Waals surface area contributed by atoms with E-state index in [2.05, 4.69) is 248 Å². The number of hydrogen-bond acceptors (Lipinski definition) is 4. The maximum atomic E-state index is 6.95. The fraction of sp³-hybridized carbons (Fsp3) is 0.0294. The van der Waals surface area contributed by atoms with Gasteiger partial charge in [0.15, 0.2) is 0 Å². The molecule has 16 rings (SSSR count). The van der Waals surface area contributed by atoms with Crippen molar-refractivity contribution in [1.82, 2.24) is 0 Å². The molecule has 3 nitrogen and oxygen atoms in total. The number of ether oxygens (including phenoxy) is 1. The quantitative estimate of drug-likeness (QED) is 0.176. The van der Waals surface area contributed by atoms with E-state index >= 15 is 0 Å². The second-order valence-electron chi connectivity index (χ2n) is 19.4. The first-order valence-corrected chi connectivity index (χ1v) is 25.5. The summed E-state index contributed by atoms with van der Waals surface area (Å²) < 4.78 is 13.6. The molecule has 0 radical (unpaired) electrons. The molecule has 72 heavy (non-hydrogen) atoms. The van der Waals surface area contributed by atoms with Crippen LogP contribution in [0.2, 0.25) is 0 Å². The third-order valence-corrected chi connectivity index (χ3v) is 17.1. The molecule has 0 saturated carbocycles. The first-order valence-electron chi connectivity index (χ1n) is 24.7. The molecule has 0 unspecified atom stereocenters. The van der Waals surface area contributed by atoms with Crippen molar-refractivity contribution in [1.29, 1.82) is 0 Å². The molecule has 12 aromatic rings. The molecular formula is C68H41NO2S. The summed E-state index contributed by atoms with van der Waals surface area (Å²) in [5.41, 5.74) is 21.2. The molecule has 0 amide bonds. The predicted molar refractivity (Wildman–Crippen MR) is 293 cm³/mol. The van der Waals surface area contributed by atoms with Gasteiger partial charge in [-0.2, -0.15) is 0 Å². The molecule has 336 valence electrons. The molecule has 4 aliphatic rings. The number of hydrogen-bond donors (Lipinski definition) is 0. The van der Waals surface area contributed by atoms with Crippen molar-refractivity contribution in [2.75, 3.05) is 4.90 Å². The van der Waals surface area contributed by atoms with Crippen LogP contribution < -0.4 is 9.64 Å². The number of anilines is 3. The second kappa shape index (κ2) is 14.8. The summed E-state index contributed by atoms with van der Waals surface area (Å²) in [7, 11) is 0. The molecule has 0 saturated heterocycles. The van der Waals surface area contributed by atoms with Crippen LogP contribution in [-0.4, -0.2) is 0 Å². The first-order chi connectivity index (χ1) is 35.7. The van der Waals surface area contributed by atoms with Crippen LogP contribution in [0.3, 0.4) is 0 Å². The van der Waals surface area contributed by atoms with Gasteiger partial charge in [-0.15, -0.1) is 0 Å². The number of fused-ring (bicyclic) bond motifs is 21. The van der Waals surface area contributed by atoms with Gasteiger partial charge in [-0.25, -0.2) is 0 Å². The Morgan fingerprint density at radius 3 is 1.58 bits per heavy atom. The van der Waals surface area contributed by atoms with Crippen LogP contribution in [-0.2, 0) is 10.8 Å². The third kappa shape index (κ3) is 5.21. The van der Waals surface area contributed by atoms with E-state index in [1.165, 1.54) is 65.4 Å². The van der Waals surface area contributed by atoms with Gasteiger partial charge in [0.2, 0.25) is 0 Å². The van der Waals surface area contributed by atoms with E-state index in [-0.39, 0.29) is 0 Å². The zero-order chi connectivity index (χ0) is 47.1. The zero-order valence-corrected chi connectivity index (χ0v) is 39.7. The van der Waals surface area contributed by atoms with Gasteiger partial charge in [-0.1, -0.05) is 188 Å². The average molecular weight is 936 g/mol. The maximum absolute atomic E-state index is 6.95. The highest BCUT2D eigenvalue weighted by molar-refractivity contribution is 7.99. The fourth-order valence-corrected chi connectivity index (χ4v) is 14.4. The van der Waals surface area contributed by atoms with Gasteiger partial charge in [-0.05, 0) is 140 Å². The molecule has 0 bridgehead atoms. The average Bonchev–Trinajstić information content (AvgIpc) is 4.08. The van der Waals surface area contributed by atoms with Gasteiger partial charge >= 0.3 is 0 Å². The molecule has 2 spiro atoms. The SMILES string of the molecule is c1cc(-c2ccc3c(c2)C2(c4ccccc4S3)c3ccccc3-c3ccccc32)cc(N(c2ccc3c(c2)C2(c4ccccc4O3)c3ccccc3-c3ccccc32)c2cccc3oc4ccccc4c23)c1. The monoisotopic (exact) mass is 935 g/mol. The Morgan fingerprint density at radius 1 is 0.333 bits per heavy atom. The minimum Gasteiger partial charge on any atom is -0.457 e. The van der Waals surface area contributed by atoms with Gasteiger partial charge < -0.3 is 14.1 Å². The van der Waals surface area contributed by atoms with Crippen LogP contribution >= 0.6 is 11.8 Å².